The topological polar surface area (TPSA) is 121 Å². The maximum absolute atomic E-state index is 11.7. The molecule has 0 atom stereocenters. The zero-order valence-corrected chi connectivity index (χ0v) is 19.1. The lowest BCUT2D eigenvalue weighted by Gasteiger charge is -2.35. The Bertz CT molecular complexity index is 1010. The van der Waals surface area contributed by atoms with Crippen molar-refractivity contribution in [3.8, 4) is 0 Å². The number of aromatic nitrogens is 4. The molecule has 172 valence electrons. The number of urea groups is 1. The Morgan fingerprint density at radius 2 is 1.94 bits per heavy atom. The van der Waals surface area contributed by atoms with Crippen molar-refractivity contribution in [1.29, 1.82) is 5.41 Å². The molecule has 0 bridgehead atoms. The van der Waals surface area contributed by atoms with Gasteiger partial charge in [0.1, 0.15) is 5.52 Å². The van der Waals surface area contributed by atoms with Crippen molar-refractivity contribution >= 4 is 28.8 Å². The highest BCUT2D eigenvalue weighted by molar-refractivity contribution is 6.04. The van der Waals surface area contributed by atoms with E-state index in [1.807, 2.05) is 6.33 Å². The van der Waals surface area contributed by atoms with Gasteiger partial charge in [0, 0.05) is 19.1 Å². The smallest absolute Gasteiger partial charge is 0.320 e. The highest BCUT2D eigenvalue weighted by Gasteiger charge is 2.51. The number of anilines is 1. The van der Waals surface area contributed by atoms with Crippen molar-refractivity contribution in [3.63, 3.8) is 0 Å². The average molecular weight is 439 g/mol. The number of amides is 2. The fraction of sp³-hybridized carbons (Fsp3) is 0.696. The second kappa shape index (κ2) is 8.33. The van der Waals surface area contributed by atoms with E-state index in [1.54, 1.807) is 0 Å². The summed E-state index contributed by atoms with van der Waals surface area (Å²) in [7, 11) is 1.52. The monoisotopic (exact) mass is 438 g/mol. The summed E-state index contributed by atoms with van der Waals surface area (Å²) in [5.74, 6) is 2.97. The quantitative estimate of drug-likeness (QED) is 0.405. The fourth-order valence-electron chi connectivity index (χ4n) is 5.31. The lowest BCUT2D eigenvalue weighted by molar-refractivity contribution is 0.247. The lowest BCUT2D eigenvalue weighted by atomic mass is 9.78. The van der Waals surface area contributed by atoms with Crippen LogP contribution in [0.5, 0.6) is 0 Å². The minimum Gasteiger partial charge on any atom is -0.362 e. The summed E-state index contributed by atoms with van der Waals surface area (Å²) in [6.45, 7) is 3.27. The minimum absolute atomic E-state index is 0.114. The first-order valence-corrected chi connectivity index (χ1v) is 12.1. The number of amidine groups is 1. The number of rotatable bonds is 6. The Hall–Kier alpha value is -2.71. The van der Waals surface area contributed by atoms with E-state index in [0.717, 1.165) is 36.6 Å². The van der Waals surface area contributed by atoms with E-state index in [9.17, 15) is 4.79 Å². The third-order valence-electron chi connectivity index (χ3n) is 7.79. The molecule has 3 saturated carbocycles. The molecule has 2 heterocycles. The van der Waals surface area contributed by atoms with Gasteiger partial charge in [0.25, 0.3) is 0 Å². The number of carbonyl (C=O) groups is 1. The van der Waals surface area contributed by atoms with Gasteiger partial charge < -0.3 is 15.2 Å². The van der Waals surface area contributed by atoms with Crippen LogP contribution in [0.4, 0.5) is 10.6 Å². The summed E-state index contributed by atoms with van der Waals surface area (Å²) >= 11 is 0. The Morgan fingerprint density at radius 3 is 2.56 bits per heavy atom. The van der Waals surface area contributed by atoms with Crippen LogP contribution in [0.25, 0.3) is 11.2 Å². The van der Waals surface area contributed by atoms with Crippen LogP contribution < -0.4 is 16.0 Å². The predicted octanol–water partition coefficient (Wildman–Crippen LogP) is 3.65. The van der Waals surface area contributed by atoms with Crippen LogP contribution in [0.1, 0.15) is 70.5 Å². The summed E-state index contributed by atoms with van der Waals surface area (Å²) in [6.07, 6.45) is 13.1. The summed E-state index contributed by atoms with van der Waals surface area (Å²) in [5.41, 5.74) is 1.61. The lowest BCUT2D eigenvalue weighted by Crippen LogP contribution is -2.39. The molecule has 0 aromatic carbocycles. The van der Waals surface area contributed by atoms with Gasteiger partial charge in [0.05, 0.1) is 6.33 Å². The highest BCUT2D eigenvalue weighted by Crippen LogP contribution is 2.53. The van der Waals surface area contributed by atoms with Crippen molar-refractivity contribution in [2.75, 3.05) is 12.4 Å². The van der Waals surface area contributed by atoms with E-state index in [0.29, 0.717) is 17.5 Å². The van der Waals surface area contributed by atoms with Crippen LogP contribution in [-0.4, -0.2) is 44.0 Å². The molecule has 2 aromatic heterocycles. The molecule has 0 spiro atoms. The largest absolute Gasteiger partial charge is 0.362 e. The highest BCUT2D eigenvalue weighted by atomic mass is 16.2. The molecular formula is C23H34N8O. The van der Waals surface area contributed by atoms with Crippen molar-refractivity contribution in [3.05, 3.63) is 12.2 Å². The molecule has 5 rings (SSSR count). The average Bonchev–Trinajstić information content (AvgIpc) is 3.38. The van der Waals surface area contributed by atoms with Crippen molar-refractivity contribution < 1.29 is 4.79 Å². The van der Waals surface area contributed by atoms with Crippen LogP contribution >= 0.6 is 0 Å². The zero-order valence-electron chi connectivity index (χ0n) is 19.1. The molecule has 9 heteroatoms. The summed E-state index contributed by atoms with van der Waals surface area (Å²) in [5, 5.41) is 17.0. The van der Waals surface area contributed by atoms with Crippen LogP contribution in [0.15, 0.2) is 6.33 Å². The van der Waals surface area contributed by atoms with Crippen molar-refractivity contribution in [1.82, 2.24) is 30.2 Å². The van der Waals surface area contributed by atoms with Gasteiger partial charge in [-0.25, -0.2) is 19.7 Å². The van der Waals surface area contributed by atoms with Gasteiger partial charge in [0.2, 0.25) is 0 Å². The van der Waals surface area contributed by atoms with Crippen molar-refractivity contribution in [2.24, 2.45) is 17.8 Å². The number of imidazole rings is 1. The molecule has 3 aliphatic rings. The number of hydrogen-bond donors (Lipinski definition) is 4. The second-order valence-electron chi connectivity index (χ2n) is 10.1. The Labute approximate surface area is 188 Å². The van der Waals surface area contributed by atoms with Gasteiger partial charge in [-0.3, -0.25) is 10.7 Å². The minimum atomic E-state index is -0.460. The maximum Gasteiger partial charge on any atom is 0.320 e. The van der Waals surface area contributed by atoms with Gasteiger partial charge >= 0.3 is 6.03 Å². The van der Waals surface area contributed by atoms with E-state index < -0.39 is 6.03 Å². The van der Waals surface area contributed by atoms with Gasteiger partial charge in [-0.2, -0.15) is 0 Å². The molecule has 2 amide bonds. The van der Waals surface area contributed by atoms with Gasteiger partial charge in [0.15, 0.2) is 23.1 Å². The number of hydrogen-bond acceptors (Lipinski definition) is 6. The van der Waals surface area contributed by atoms with Gasteiger partial charge in [-0.1, -0.05) is 26.2 Å². The molecular weight excluding hydrogens is 404 g/mol. The maximum atomic E-state index is 11.7. The Balaban J connectivity index is 1.47. The van der Waals surface area contributed by atoms with Crippen LogP contribution in [0.3, 0.4) is 0 Å². The Kier molecular flexibility index (Phi) is 5.51. The standard InChI is InChI=1S/C23H34N8O/c1-14-6-8-15(9-7-14)12-31-13-26-19-17(31)20(30-23(10-11-23)16-4-3-5-16)29-21(28-19)18(24)27-22(32)25-2/h13-16H,3-12H2,1-2H3,(H,28,29,30)(H3,24,25,27,32). The van der Waals surface area contributed by atoms with E-state index in [1.165, 1.54) is 52.0 Å². The molecule has 3 fully saturated rings. The Morgan fingerprint density at radius 1 is 1.19 bits per heavy atom. The first kappa shape index (κ1) is 21.2. The predicted molar refractivity (Wildman–Crippen MR) is 124 cm³/mol. The third-order valence-corrected chi connectivity index (χ3v) is 7.79. The van der Waals surface area contributed by atoms with Gasteiger partial charge in [-0.15, -0.1) is 0 Å². The SMILES string of the molecule is CNC(=O)NC(=N)c1nc(NC2(C3CCC3)CC2)c2c(ncn2CC2CCC(C)CC2)n1. The van der Waals surface area contributed by atoms with E-state index in [4.69, 9.17) is 10.4 Å². The third kappa shape index (κ3) is 4.04. The zero-order chi connectivity index (χ0) is 22.3. The first-order valence-electron chi connectivity index (χ1n) is 12.1. The molecule has 0 aliphatic heterocycles. The molecule has 4 N–H and O–H groups in total. The molecule has 9 nitrogen and oxygen atoms in total. The van der Waals surface area contributed by atoms with Crippen molar-refractivity contribution in [2.45, 2.75) is 76.8 Å². The molecule has 0 radical (unpaired) electrons. The summed E-state index contributed by atoms with van der Waals surface area (Å²) < 4.78 is 2.20. The summed E-state index contributed by atoms with van der Waals surface area (Å²) in [4.78, 5) is 25.6. The first-order chi connectivity index (χ1) is 15.5. The number of carbonyl (C=O) groups excluding carboxylic acids is 1. The molecule has 0 saturated heterocycles. The number of nitrogens with zero attached hydrogens (tertiary/aromatic N) is 4. The number of fused-ring (bicyclic) bond motifs is 1. The van der Waals surface area contributed by atoms with Gasteiger partial charge in [-0.05, 0) is 56.3 Å². The van der Waals surface area contributed by atoms with Crippen LogP contribution in [-0.2, 0) is 6.54 Å². The van der Waals surface area contributed by atoms with E-state index in [-0.39, 0.29) is 17.2 Å². The molecule has 0 unspecified atom stereocenters. The molecule has 2 aromatic rings. The number of nitrogens with one attached hydrogen (secondary N) is 4. The summed E-state index contributed by atoms with van der Waals surface area (Å²) in [6, 6.07) is -0.460. The molecule has 32 heavy (non-hydrogen) atoms. The van der Waals surface area contributed by atoms with Crippen LogP contribution in [0, 0.1) is 23.2 Å². The molecule has 3 aliphatic carbocycles. The van der Waals surface area contributed by atoms with E-state index in [2.05, 4.69) is 37.4 Å². The van der Waals surface area contributed by atoms with Crippen LogP contribution in [0.2, 0.25) is 0 Å². The van der Waals surface area contributed by atoms with E-state index >= 15 is 0 Å². The normalized spacial score (nSPS) is 24.6. The second-order valence-corrected chi connectivity index (χ2v) is 10.1. The fourth-order valence-corrected chi connectivity index (χ4v) is 5.31.